The van der Waals surface area contributed by atoms with Crippen molar-refractivity contribution in [1.82, 2.24) is 14.9 Å². The van der Waals surface area contributed by atoms with Crippen molar-refractivity contribution >= 4 is 10.9 Å². The summed E-state index contributed by atoms with van der Waals surface area (Å²) in [6, 6.07) is 18.1. The molecule has 4 heteroatoms. The van der Waals surface area contributed by atoms with Gasteiger partial charge in [-0.25, -0.2) is 9.97 Å². The van der Waals surface area contributed by atoms with Gasteiger partial charge < -0.3 is 4.74 Å². The van der Waals surface area contributed by atoms with Gasteiger partial charge in [-0.3, -0.25) is 4.90 Å². The summed E-state index contributed by atoms with van der Waals surface area (Å²) in [6.45, 7) is 4.45. The van der Waals surface area contributed by atoms with E-state index in [0.717, 1.165) is 47.7 Å². The number of para-hydroxylation sites is 2. The Labute approximate surface area is 143 Å². The predicted octanol–water partition coefficient (Wildman–Crippen LogP) is 3.84. The lowest BCUT2D eigenvalue weighted by Gasteiger charge is -2.16. The molecule has 0 unspecified atom stereocenters. The fraction of sp³-hybridized carbons (Fsp3) is 0.300. The first-order valence-corrected chi connectivity index (χ1v) is 8.31. The van der Waals surface area contributed by atoms with Crippen LogP contribution in [0.25, 0.3) is 10.9 Å². The number of rotatable bonds is 7. The van der Waals surface area contributed by atoms with Crippen LogP contribution in [0.15, 0.2) is 54.6 Å². The van der Waals surface area contributed by atoms with Gasteiger partial charge in [0.05, 0.1) is 18.7 Å². The molecule has 0 spiro atoms. The molecule has 0 N–H and O–H groups in total. The summed E-state index contributed by atoms with van der Waals surface area (Å²) in [6.07, 6.45) is 0.970. The fourth-order valence-corrected chi connectivity index (χ4v) is 2.73. The number of hydrogen-bond acceptors (Lipinski definition) is 4. The quantitative estimate of drug-likeness (QED) is 0.620. The Balaban J connectivity index is 1.50. The van der Waals surface area contributed by atoms with Gasteiger partial charge in [-0.15, -0.1) is 0 Å². The van der Waals surface area contributed by atoms with Gasteiger partial charge in [0.25, 0.3) is 0 Å². The van der Waals surface area contributed by atoms with Gasteiger partial charge >= 0.3 is 0 Å². The van der Waals surface area contributed by atoms with Gasteiger partial charge in [0, 0.05) is 17.6 Å². The van der Waals surface area contributed by atoms with E-state index in [4.69, 9.17) is 4.74 Å². The van der Waals surface area contributed by atoms with E-state index in [9.17, 15) is 0 Å². The first-order valence-electron chi connectivity index (χ1n) is 8.31. The summed E-state index contributed by atoms with van der Waals surface area (Å²) in [5.74, 6) is 1.80. The van der Waals surface area contributed by atoms with Crippen molar-refractivity contribution in [2.24, 2.45) is 0 Å². The molecule has 0 aliphatic carbocycles. The van der Waals surface area contributed by atoms with E-state index >= 15 is 0 Å². The highest BCUT2D eigenvalue weighted by Crippen LogP contribution is 2.15. The molecule has 0 amide bonds. The Morgan fingerprint density at radius 1 is 0.958 bits per heavy atom. The summed E-state index contributed by atoms with van der Waals surface area (Å²) >= 11 is 0. The number of aryl methyl sites for hydroxylation is 1. The second kappa shape index (κ2) is 7.88. The summed E-state index contributed by atoms with van der Waals surface area (Å²) < 4.78 is 5.73. The van der Waals surface area contributed by atoms with Crippen molar-refractivity contribution < 1.29 is 4.74 Å². The molecule has 0 atom stereocenters. The molecule has 0 saturated heterocycles. The maximum absolute atomic E-state index is 5.73. The van der Waals surface area contributed by atoms with E-state index in [1.165, 1.54) is 0 Å². The normalized spacial score (nSPS) is 11.1. The third-order valence-corrected chi connectivity index (χ3v) is 3.95. The zero-order chi connectivity index (χ0) is 16.8. The van der Waals surface area contributed by atoms with Gasteiger partial charge in [0.1, 0.15) is 11.6 Å². The summed E-state index contributed by atoms with van der Waals surface area (Å²) in [5.41, 5.74) is 2.05. The van der Waals surface area contributed by atoms with Crippen LogP contribution in [0.4, 0.5) is 0 Å². The van der Waals surface area contributed by atoms with Crippen molar-refractivity contribution in [3.8, 4) is 5.75 Å². The number of ether oxygens (including phenoxy) is 1. The first-order chi connectivity index (χ1) is 11.7. The number of fused-ring (bicyclic) bond motifs is 1. The molecule has 0 radical (unpaired) electrons. The first kappa shape index (κ1) is 16.4. The third kappa shape index (κ3) is 4.30. The van der Waals surface area contributed by atoms with Crippen molar-refractivity contribution in [2.75, 3.05) is 20.2 Å². The monoisotopic (exact) mass is 321 g/mol. The molecular weight excluding hydrogens is 298 g/mol. The molecule has 1 aromatic heterocycles. The van der Waals surface area contributed by atoms with Gasteiger partial charge in [-0.1, -0.05) is 36.4 Å². The molecule has 1 heterocycles. The average Bonchev–Trinajstić information content (AvgIpc) is 2.60. The van der Waals surface area contributed by atoms with Crippen LogP contribution < -0.4 is 4.74 Å². The number of nitrogens with zero attached hydrogens (tertiary/aromatic N) is 3. The van der Waals surface area contributed by atoms with E-state index in [0.29, 0.717) is 6.61 Å². The van der Waals surface area contributed by atoms with Gasteiger partial charge in [-0.05, 0) is 38.6 Å². The molecule has 4 nitrogen and oxygen atoms in total. The zero-order valence-corrected chi connectivity index (χ0v) is 14.3. The van der Waals surface area contributed by atoms with Crippen LogP contribution in [-0.4, -0.2) is 35.1 Å². The van der Waals surface area contributed by atoms with Crippen LogP contribution in [0, 0.1) is 6.92 Å². The van der Waals surface area contributed by atoms with Crippen LogP contribution in [0.5, 0.6) is 5.75 Å². The fourth-order valence-electron chi connectivity index (χ4n) is 2.73. The average molecular weight is 321 g/mol. The molecule has 124 valence electrons. The van der Waals surface area contributed by atoms with Crippen LogP contribution in [-0.2, 0) is 6.54 Å². The predicted molar refractivity (Wildman–Crippen MR) is 97.2 cm³/mol. The molecule has 3 aromatic rings. The highest BCUT2D eigenvalue weighted by atomic mass is 16.5. The van der Waals surface area contributed by atoms with Crippen LogP contribution >= 0.6 is 0 Å². The molecule has 0 fully saturated rings. The standard InChI is InChI=1S/C20H23N3O/c1-16-18-11-6-7-12-19(18)22-20(21-16)15-23(2)13-8-14-24-17-9-4-3-5-10-17/h3-7,9-12H,8,13-15H2,1-2H3. The molecule has 3 rings (SSSR count). The van der Waals surface area contributed by atoms with Gasteiger partial charge in [0.15, 0.2) is 0 Å². The molecular formula is C20H23N3O. The minimum absolute atomic E-state index is 0.714. The Bertz CT molecular complexity index is 789. The smallest absolute Gasteiger partial charge is 0.143 e. The number of aromatic nitrogens is 2. The summed E-state index contributed by atoms with van der Waals surface area (Å²) in [5, 5.41) is 1.13. The lowest BCUT2D eigenvalue weighted by molar-refractivity contribution is 0.256. The zero-order valence-electron chi connectivity index (χ0n) is 14.3. The van der Waals surface area contributed by atoms with E-state index < -0.39 is 0 Å². The van der Waals surface area contributed by atoms with Crippen LogP contribution in [0.2, 0.25) is 0 Å². The summed E-state index contributed by atoms with van der Waals surface area (Å²) in [4.78, 5) is 11.5. The van der Waals surface area contributed by atoms with Crippen LogP contribution in [0.3, 0.4) is 0 Å². The molecule has 0 bridgehead atoms. The maximum atomic E-state index is 5.73. The minimum atomic E-state index is 0.714. The molecule has 0 aliphatic rings. The Morgan fingerprint density at radius 3 is 2.54 bits per heavy atom. The Hall–Kier alpha value is -2.46. The van der Waals surface area contributed by atoms with E-state index in [2.05, 4.69) is 28.0 Å². The maximum Gasteiger partial charge on any atom is 0.143 e. The lowest BCUT2D eigenvalue weighted by atomic mass is 10.2. The molecule has 0 aliphatic heterocycles. The molecule has 24 heavy (non-hydrogen) atoms. The number of benzene rings is 2. The van der Waals surface area contributed by atoms with Crippen molar-refractivity contribution in [3.05, 3.63) is 66.1 Å². The highest BCUT2D eigenvalue weighted by molar-refractivity contribution is 5.80. The SMILES string of the molecule is Cc1nc(CN(C)CCCOc2ccccc2)nc2ccccc12. The van der Waals surface area contributed by atoms with Crippen molar-refractivity contribution in [3.63, 3.8) is 0 Å². The van der Waals surface area contributed by atoms with Crippen molar-refractivity contribution in [1.29, 1.82) is 0 Å². The lowest BCUT2D eigenvalue weighted by Crippen LogP contribution is -2.22. The van der Waals surface area contributed by atoms with Crippen molar-refractivity contribution in [2.45, 2.75) is 19.9 Å². The molecule has 0 saturated carbocycles. The Morgan fingerprint density at radius 2 is 1.71 bits per heavy atom. The van der Waals surface area contributed by atoms with Gasteiger partial charge in [0.2, 0.25) is 0 Å². The topological polar surface area (TPSA) is 38.2 Å². The Kier molecular flexibility index (Phi) is 5.39. The van der Waals surface area contributed by atoms with Gasteiger partial charge in [-0.2, -0.15) is 0 Å². The summed E-state index contributed by atoms with van der Waals surface area (Å²) in [7, 11) is 2.09. The van der Waals surface area contributed by atoms with E-state index in [1.54, 1.807) is 0 Å². The largest absolute Gasteiger partial charge is 0.494 e. The third-order valence-electron chi connectivity index (χ3n) is 3.95. The highest BCUT2D eigenvalue weighted by Gasteiger charge is 2.07. The minimum Gasteiger partial charge on any atom is -0.494 e. The van der Waals surface area contributed by atoms with E-state index in [-0.39, 0.29) is 0 Å². The second-order valence-electron chi connectivity index (χ2n) is 6.00. The number of hydrogen-bond donors (Lipinski definition) is 0. The molecule has 2 aromatic carbocycles. The van der Waals surface area contributed by atoms with Crippen LogP contribution in [0.1, 0.15) is 17.9 Å². The second-order valence-corrected chi connectivity index (χ2v) is 6.00. The van der Waals surface area contributed by atoms with E-state index in [1.807, 2.05) is 55.5 Å².